The number of alkyl halides is 3. The Morgan fingerprint density at radius 2 is 1.88 bits per heavy atom. The van der Waals surface area contributed by atoms with Gasteiger partial charge in [0.2, 0.25) is 0 Å². The number of amides is 2. The first-order chi connectivity index (χ1) is 16.0. The highest BCUT2D eigenvalue weighted by Crippen LogP contribution is 2.35. The van der Waals surface area contributed by atoms with Crippen LogP contribution in [0, 0.1) is 0 Å². The van der Waals surface area contributed by atoms with Crippen LogP contribution in [0.4, 0.5) is 19.0 Å². The molecule has 4 rings (SSSR count). The number of nitrogens with zero attached hydrogens (tertiary/aromatic N) is 6. The van der Waals surface area contributed by atoms with Gasteiger partial charge in [-0.3, -0.25) is 9.59 Å². The monoisotopic (exact) mass is 510 g/mol. The first kappa shape index (κ1) is 23.5. The van der Waals surface area contributed by atoms with Crippen molar-refractivity contribution < 1.29 is 22.8 Å². The number of nitrogens with one attached hydrogen (secondary N) is 2. The predicted molar refractivity (Wildman–Crippen MR) is 117 cm³/mol. The van der Waals surface area contributed by atoms with E-state index in [1.165, 1.54) is 18.9 Å². The van der Waals surface area contributed by atoms with Gasteiger partial charge < -0.3 is 15.2 Å². The van der Waals surface area contributed by atoms with Gasteiger partial charge in [0.1, 0.15) is 27.5 Å². The molecular weight excluding hydrogens is 497 g/mol. The molecule has 0 aliphatic heterocycles. The maximum absolute atomic E-state index is 13.0. The maximum atomic E-state index is 13.0. The second-order valence-electron chi connectivity index (χ2n) is 7.01. The van der Waals surface area contributed by atoms with Crippen molar-refractivity contribution in [3.63, 3.8) is 0 Å². The molecule has 0 radical (unpaired) electrons. The fourth-order valence-electron chi connectivity index (χ4n) is 2.93. The number of thiazole rings is 1. The Morgan fingerprint density at radius 3 is 2.62 bits per heavy atom. The van der Waals surface area contributed by atoms with Gasteiger partial charge in [0, 0.05) is 13.2 Å². The molecule has 1 atom stereocenters. The summed E-state index contributed by atoms with van der Waals surface area (Å²) in [7, 11) is 1.73. The van der Waals surface area contributed by atoms with Gasteiger partial charge in [0.05, 0.1) is 29.2 Å². The SMILES string of the molecule is C[C@H](NC(=O)c1ncnc2c1ncn2C)c1ncc(C(=O)Nc2cc(C(F)(F)F)c(Cl)cn2)s1. The molecule has 10 nitrogen and oxygen atoms in total. The second kappa shape index (κ2) is 8.95. The van der Waals surface area contributed by atoms with Crippen molar-refractivity contribution in [1.82, 2.24) is 34.8 Å². The van der Waals surface area contributed by atoms with Crippen LogP contribution in [-0.2, 0) is 13.2 Å². The number of fused-ring (bicyclic) bond motifs is 1. The number of hydrogen-bond donors (Lipinski definition) is 2. The van der Waals surface area contributed by atoms with Crippen LogP contribution < -0.4 is 10.6 Å². The summed E-state index contributed by atoms with van der Waals surface area (Å²) in [6.45, 7) is 1.66. The average molecular weight is 511 g/mol. The Labute approximate surface area is 198 Å². The molecule has 0 spiro atoms. The smallest absolute Gasteiger partial charge is 0.342 e. The first-order valence-electron chi connectivity index (χ1n) is 9.47. The molecule has 0 saturated carbocycles. The van der Waals surface area contributed by atoms with Crippen LogP contribution in [0.15, 0.2) is 31.1 Å². The topological polar surface area (TPSA) is 128 Å². The van der Waals surface area contributed by atoms with Crippen molar-refractivity contribution in [2.75, 3.05) is 5.32 Å². The molecule has 15 heteroatoms. The van der Waals surface area contributed by atoms with E-state index in [0.717, 1.165) is 17.5 Å². The van der Waals surface area contributed by atoms with Crippen LogP contribution in [0.2, 0.25) is 5.02 Å². The maximum Gasteiger partial charge on any atom is 0.418 e. The summed E-state index contributed by atoms with van der Waals surface area (Å²) < 4.78 is 40.7. The lowest BCUT2D eigenvalue weighted by molar-refractivity contribution is -0.137. The summed E-state index contributed by atoms with van der Waals surface area (Å²) in [6.07, 6.45) is 0.125. The third-order valence-electron chi connectivity index (χ3n) is 4.58. The van der Waals surface area contributed by atoms with Gasteiger partial charge in [-0.25, -0.2) is 24.9 Å². The lowest BCUT2D eigenvalue weighted by atomic mass is 10.2. The summed E-state index contributed by atoms with van der Waals surface area (Å²) in [5.74, 6) is -1.54. The number of pyridine rings is 1. The number of carbonyl (C=O) groups excluding carboxylic acids is 2. The summed E-state index contributed by atoms with van der Waals surface area (Å²) in [6, 6.07) is 0.0451. The number of imidazole rings is 1. The van der Waals surface area contributed by atoms with Crippen LogP contribution in [0.5, 0.6) is 0 Å². The number of aromatic nitrogens is 6. The molecule has 4 heterocycles. The number of aryl methyl sites for hydroxylation is 1. The molecule has 2 amide bonds. The van der Waals surface area contributed by atoms with Crippen molar-refractivity contribution >= 4 is 51.7 Å². The standard InChI is InChI=1S/C19H14ClF3N8O2S/c1-8(29-17(33)14-13-15(27-6-26-14)31(2)7-28-13)18-25-5-11(34-18)16(32)30-12-3-9(19(21,22)23)10(20)4-24-12/h3-8H,1-2H3,(H,29,33)(H,24,30,32)/t8-/m0/s1. The highest BCUT2D eigenvalue weighted by atomic mass is 35.5. The zero-order chi connectivity index (χ0) is 24.6. The molecule has 4 aromatic heterocycles. The van der Waals surface area contributed by atoms with Crippen molar-refractivity contribution in [1.29, 1.82) is 0 Å². The Balaban J connectivity index is 1.46. The van der Waals surface area contributed by atoms with Crippen molar-refractivity contribution in [3.05, 3.63) is 57.3 Å². The molecule has 0 unspecified atom stereocenters. The molecular formula is C19H14ClF3N8O2S. The van der Waals surface area contributed by atoms with E-state index in [1.807, 2.05) is 0 Å². The van der Waals surface area contributed by atoms with Crippen LogP contribution >= 0.6 is 22.9 Å². The third kappa shape index (κ3) is 4.68. The lowest BCUT2D eigenvalue weighted by Crippen LogP contribution is -2.27. The van der Waals surface area contributed by atoms with Crippen molar-refractivity contribution in [2.45, 2.75) is 19.1 Å². The van der Waals surface area contributed by atoms with E-state index in [-0.39, 0.29) is 16.4 Å². The molecule has 0 bridgehead atoms. The summed E-state index contributed by atoms with van der Waals surface area (Å²) in [5.41, 5.74) is -0.207. The number of hydrogen-bond acceptors (Lipinski definition) is 8. The van der Waals surface area contributed by atoms with Crippen LogP contribution in [0.1, 0.15) is 43.7 Å². The molecule has 2 N–H and O–H groups in total. The Bertz CT molecular complexity index is 1400. The van der Waals surface area contributed by atoms with E-state index in [0.29, 0.717) is 22.2 Å². The molecule has 34 heavy (non-hydrogen) atoms. The number of anilines is 1. The van der Waals surface area contributed by atoms with E-state index >= 15 is 0 Å². The molecule has 0 aliphatic rings. The third-order valence-corrected chi connectivity index (χ3v) is 6.06. The van der Waals surface area contributed by atoms with E-state index in [9.17, 15) is 22.8 Å². The average Bonchev–Trinajstić information content (AvgIpc) is 3.42. The highest BCUT2D eigenvalue weighted by molar-refractivity contribution is 7.13. The van der Waals surface area contributed by atoms with Crippen LogP contribution in [-0.4, -0.2) is 41.3 Å². The first-order valence-corrected chi connectivity index (χ1v) is 10.7. The number of halogens is 4. The minimum atomic E-state index is -4.70. The van der Waals surface area contributed by atoms with Gasteiger partial charge in [0.25, 0.3) is 11.8 Å². The van der Waals surface area contributed by atoms with Crippen LogP contribution in [0.25, 0.3) is 11.2 Å². The fraction of sp³-hybridized carbons (Fsp3) is 0.211. The van der Waals surface area contributed by atoms with Gasteiger partial charge in [-0.05, 0) is 13.0 Å². The molecule has 4 aromatic rings. The van der Waals surface area contributed by atoms with E-state index in [4.69, 9.17) is 11.6 Å². The van der Waals surface area contributed by atoms with Crippen molar-refractivity contribution in [2.24, 2.45) is 7.05 Å². The number of rotatable bonds is 5. The number of carbonyl (C=O) groups is 2. The largest absolute Gasteiger partial charge is 0.418 e. The minimum absolute atomic E-state index is 0.0845. The summed E-state index contributed by atoms with van der Waals surface area (Å²) in [5, 5.41) is 4.83. The van der Waals surface area contributed by atoms with Gasteiger partial charge in [-0.1, -0.05) is 11.6 Å². The zero-order valence-corrected chi connectivity index (χ0v) is 19.0. The van der Waals surface area contributed by atoms with Crippen LogP contribution in [0.3, 0.4) is 0 Å². The Hall–Kier alpha value is -3.65. The summed E-state index contributed by atoms with van der Waals surface area (Å²) >= 11 is 6.50. The minimum Gasteiger partial charge on any atom is -0.342 e. The molecule has 0 saturated heterocycles. The Morgan fingerprint density at radius 1 is 1.12 bits per heavy atom. The normalized spacial score (nSPS) is 12.5. The molecule has 0 fully saturated rings. The van der Waals surface area contributed by atoms with Gasteiger partial charge in [-0.15, -0.1) is 11.3 Å². The lowest BCUT2D eigenvalue weighted by Gasteiger charge is -2.11. The molecule has 0 aliphatic carbocycles. The van der Waals surface area contributed by atoms with Gasteiger partial charge in [-0.2, -0.15) is 13.2 Å². The van der Waals surface area contributed by atoms with E-state index in [2.05, 4.69) is 35.6 Å². The van der Waals surface area contributed by atoms with Gasteiger partial charge in [0.15, 0.2) is 11.3 Å². The Kier molecular flexibility index (Phi) is 6.18. The van der Waals surface area contributed by atoms with E-state index < -0.39 is 34.6 Å². The predicted octanol–water partition coefficient (Wildman–Crippen LogP) is 3.63. The molecule has 0 aromatic carbocycles. The second-order valence-corrected chi connectivity index (χ2v) is 8.48. The molecule has 176 valence electrons. The fourth-order valence-corrected chi connectivity index (χ4v) is 3.96. The van der Waals surface area contributed by atoms with E-state index in [1.54, 1.807) is 18.5 Å². The summed E-state index contributed by atoms with van der Waals surface area (Å²) in [4.78, 5) is 45.4. The van der Waals surface area contributed by atoms with Crippen molar-refractivity contribution in [3.8, 4) is 0 Å². The zero-order valence-electron chi connectivity index (χ0n) is 17.4. The quantitative estimate of drug-likeness (QED) is 0.419. The highest BCUT2D eigenvalue weighted by Gasteiger charge is 2.34. The van der Waals surface area contributed by atoms with Gasteiger partial charge >= 0.3 is 6.18 Å².